The topological polar surface area (TPSA) is 12.9 Å². The van der Waals surface area contributed by atoms with Gasteiger partial charge >= 0.3 is 17.8 Å². The van der Waals surface area contributed by atoms with Gasteiger partial charge in [0.05, 0.1) is 11.3 Å². The molecule has 0 atom stereocenters. The van der Waals surface area contributed by atoms with Gasteiger partial charge in [0.25, 0.3) is 0 Å². The van der Waals surface area contributed by atoms with Gasteiger partial charge in [-0.3, -0.25) is 4.98 Å². The molecule has 2 aromatic heterocycles. The third-order valence-corrected chi connectivity index (χ3v) is 6.26. The van der Waals surface area contributed by atoms with Gasteiger partial charge in [0, 0.05) is 21.5 Å². The van der Waals surface area contributed by atoms with Gasteiger partial charge in [0.1, 0.15) is 0 Å². The minimum atomic E-state index is -5.59. The summed E-state index contributed by atoms with van der Waals surface area (Å²) < 4.78 is 88.3. The predicted molar refractivity (Wildman–Crippen MR) is 105 cm³/mol. The summed E-state index contributed by atoms with van der Waals surface area (Å²) in [5.74, 6) is -15.8. The van der Waals surface area contributed by atoms with Gasteiger partial charge in [0.15, 0.2) is 0 Å². The maximum Gasteiger partial charge on any atom is 0.380 e. The van der Waals surface area contributed by atoms with Crippen LogP contribution in [-0.4, -0.2) is 22.8 Å². The van der Waals surface area contributed by atoms with E-state index in [1.165, 1.54) is 32.0 Å². The zero-order valence-corrected chi connectivity index (χ0v) is 16.6. The van der Waals surface area contributed by atoms with E-state index < -0.39 is 34.6 Å². The van der Waals surface area contributed by atoms with Gasteiger partial charge in [-0.2, -0.15) is 26.3 Å². The number of thiophene rings is 1. The van der Waals surface area contributed by atoms with Crippen molar-refractivity contribution in [1.82, 2.24) is 4.98 Å². The molecule has 0 N–H and O–H groups in total. The van der Waals surface area contributed by atoms with Crippen LogP contribution in [0.1, 0.15) is 21.7 Å². The third kappa shape index (κ3) is 2.73. The van der Waals surface area contributed by atoms with E-state index in [0.29, 0.717) is 10.4 Å². The molecule has 0 aliphatic heterocycles. The second-order valence-electron chi connectivity index (χ2n) is 7.09. The number of allylic oxidation sites excluding steroid dienone is 2. The van der Waals surface area contributed by atoms with Crippen molar-refractivity contribution < 1.29 is 26.3 Å². The predicted octanol–water partition coefficient (Wildman–Crippen LogP) is 7.26. The van der Waals surface area contributed by atoms with Crippen LogP contribution in [0.25, 0.3) is 21.6 Å². The highest BCUT2D eigenvalue weighted by atomic mass is 32.1. The second-order valence-corrected chi connectivity index (χ2v) is 8.34. The first-order chi connectivity index (χ1) is 14.0. The van der Waals surface area contributed by atoms with Gasteiger partial charge in [0.2, 0.25) is 0 Å². The molecular weight excluding hydrogens is 424 g/mol. The average Bonchev–Trinajstić information content (AvgIpc) is 3.11. The minimum Gasteiger partial charge on any atom is -0.256 e. The molecule has 0 fully saturated rings. The summed E-state index contributed by atoms with van der Waals surface area (Å²) >= 11 is 1.08. The largest absolute Gasteiger partial charge is 0.380 e. The maximum atomic E-state index is 14.9. The van der Waals surface area contributed by atoms with E-state index in [9.17, 15) is 26.3 Å². The quantitative estimate of drug-likeness (QED) is 0.392. The van der Waals surface area contributed by atoms with Crippen molar-refractivity contribution in [2.75, 3.05) is 0 Å². The number of hydrogen-bond acceptors (Lipinski definition) is 2. The van der Waals surface area contributed by atoms with Gasteiger partial charge in [-0.25, -0.2) is 0 Å². The van der Waals surface area contributed by atoms with E-state index in [-0.39, 0.29) is 16.0 Å². The Morgan fingerprint density at radius 2 is 1.43 bits per heavy atom. The summed E-state index contributed by atoms with van der Waals surface area (Å²) in [6.45, 7) is 2.82. The molecule has 156 valence electrons. The zero-order valence-electron chi connectivity index (χ0n) is 15.8. The highest BCUT2D eigenvalue weighted by molar-refractivity contribution is 7.15. The molecule has 0 saturated carbocycles. The molecule has 3 aromatic rings. The van der Waals surface area contributed by atoms with Crippen LogP contribution in [0.4, 0.5) is 26.3 Å². The van der Waals surface area contributed by atoms with Crippen LogP contribution in [0, 0.1) is 13.8 Å². The number of aromatic nitrogens is 1. The van der Waals surface area contributed by atoms with Crippen LogP contribution in [0.5, 0.6) is 0 Å². The van der Waals surface area contributed by atoms with Crippen LogP contribution < -0.4 is 0 Å². The van der Waals surface area contributed by atoms with Crippen molar-refractivity contribution in [2.45, 2.75) is 31.6 Å². The van der Waals surface area contributed by atoms with Crippen molar-refractivity contribution >= 4 is 22.5 Å². The lowest BCUT2D eigenvalue weighted by atomic mass is 9.95. The summed E-state index contributed by atoms with van der Waals surface area (Å²) in [6, 6.07) is 12.7. The summed E-state index contributed by atoms with van der Waals surface area (Å²) in [6.07, 6.45) is 1.12. The molecule has 4 rings (SSSR count). The lowest BCUT2D eigenvalue weighted by molar-refractivity contribution is -0.254. The van der Waals surface area contributed by atoms with E-state index in [2.05, 4.69) is 4.98 Å². The first-order valence-electron chi connectivity index (χ1n) is 8.97. The number of halogens is 6. The minimum absolute atomic E-state index is 0.106. The monoisotopic (exact) mass is 439 g/mol. The first-order valence-corrected chi connectivity index (χ1v) is 9.78. The van der Waals surface area contributed by atoms with Crippen molar-refractivity contribution in [1.29, 1.82) is 0 Å². The second kappa shape index (κ2) is 6.70. The van der Waals surface area contributed by atoms with E-state index in [0.717, 1.165) is 17.5 Å². The molecule has 0 radical (unpaired) electrons. The smallest absolute Gasteiger partial charge is 0.256 e. The SMILES string of the molecule is Cc1cccnc1C1=C(c2cc(-c3ccccc3)sc2C)C(F)(F)C(F)(F)C1(F)F. The summed E-state index contributed by atoms with van der Waals surface area (Å²) in [5, 5.41) is 0. The van der Waals surface area contributed by atoms with Crippen LogP contribution in [0.3, 0.4) is 0 Å². The van der Waals surface area contributed by atoms with E-state index in [1.807, 2.05) is 0 Å². The summed E-state index contributed by atoms with van der Waals surface area (Å²) in [4.78, 5) is 4.51. The van der Waals surface area contributed by atoms with Crippen LogP contribution >= 0.6 is 11.3 Å². The zero-order chi connectivity index (χ0) is 21.9. The fourth-order valence-corrected chi connectivity index (χ4v) is 4.65. The number of hydrogen-bond donors (Lipinski definition) is 0. The third-order valence-electron chi connectivity index (χ3n) is 5.16. The van der Waals surface area contributed by atoms with Crippen molar-refractivity contribution in [3.63, 3.8) is 0 Å². The number of benzene rings is 1. The molecule has 1 aliphatic carbocycles. The lowest BCUT2D eigenvalue weighted by Gasteiger charge is -2.25. The van der Waals surface area contributed by atoms with Gasteiger partial charge in [-0.1, -0.05) is 36.4 Å². The maximum absolute atomic E-state index is 14.9. The highest BCUT2D eigenvalue weighted by Gasteiger charge is 2.80. The van der Waals surface area contributed by atoms with Crippen LogP contribution in [0.15, 0.2) is 54.7 Å². The molecule has 1 aromatic carbocycles. The van der Waals surface area contributed by atoms with Gasteiger partial charge in [-0.05, 0) is 42.7 Å². The molecule has 0 unspecified atom stereocenters. The number of aryl methyl sites for hydroxylation is 2. The summed E-state index contributed by atoms with van der Waals surface area (Å²) in [5.41, 5.74) is -2.88. The Balaban J connectivity index is 2.05. The first kappa shape index (κ1) is 20.7. The van der Waals surface area contributed by atoms with E-state index in [4.69, 9.17) is 0 Å². The Hall–Kier alpha value is -2.61. The van der Waals surface area contributed by atoms with Crippen molar-refractivity contribution in [3.05, 3.63) is 76.4 Å². The molecule has 1 nitrogen and oxygen atoms in total. The molecule has 0 spiro atoms. The van der Waals surface area contributed by atoms with Crippen LogP contribution in [0.2, 0.25) is 0 Å². The fourth-order valence-electron chi connectivity index (χ4n) is 3.62. The number of alkyl halides is 6. The van der Waals surface area contributed by atoms with E-state index in [1.54, 1.807) is 30.3 Å². The number of rotatable bonds is 3. The molecule has 30 heavy (non-hydrogen) atoms. The summed E-state index contributed by atoms with van der Waals surface area (Å²) in [7, 11) is 0. The molecule has 8 heteroatoms. The van der Waals surface area contributed by atoms with Gasteiger partial charge in [-0.15, -0.1) is 11.3 Å². The number of pyridine rings is 1. The Morgan fingerprint density at radius 3 is 2.07 bits per heavy atom. The van der Waals surface area contributed by atoms with Crippen molar-refractivity contribution in [2.24, 2.45) is 0 Å². The molecule has 2 heterocycles. The Bertz CT molecular complexity index is 1150. The molecule has 0 bridgehead atoms. The molecular formula is C22H15F6NS. The Kier molecular flexibility index (Phi) is 4.61. The van der Waals surface area contributed by atoms with Crippen molar-refractivity contribution in [3.8, 4) is 10.4 Å². The standard InChI is InChI=1S/C22H15F6NS/c1-12-7-6-10-29-19(12)18-17(20(23,24)22(27,28)21(18,25)26)15-11-16(30-13(15)2)14-8-4-3-5-9-14/h3-11H,1-2H3. The van der Waals surface area contributed by atoms with E-state index >= 15 is 0 Å². The van der Waals surface area contributed by atoms with Gasteiger partial charge < -0.3 is 0 Å². The highest BCUT2D eigenvalue weighted by Crippen LogP contribution is 2.65. The molecule has 0 saturated heterocycles. The van der Waals surface area contributed by atoms with Crippen LogP contribution in [-0.2, 0) is 0 Å². The lowest BCUT2D eigenvalue weighted by Crippen LogP contribution is -2.49. The Labute approximate surface area is 172 Å². The average molecular weight is 439 g/mol. The number of nitrogens with zero attached hydrogens (tertiary/aromatic N) is 1. The molecule has 1 aliphatic rings. The Morgan fingerprint density at radius 1 is 0.800 bits per heavy atom. The normalized spacial score (nSPS) is 19.3. The fraction of sp³-hybridized carbons (Fsp3) is 0.227. The molecule has 0 amide bonds.